The van der Waals surface area contributed by atoms with Crippen LogP contribution in [0.5, 0.6) is 0 Å². The van der Waals surface area contributed by atoms with E-state index in [1.54, 1.807) is 12.1 Å². The largest absolute Gasteiger partial charge is 0.463 e. The molecule has 4 nitrogen and oxygen atoms in total. The highest BCUT2D eigenvalue weighted by Crippen LogP contribution is 2.36. The van der Waals surface area contributed by atoms with Crippen molar-refractivity contribution in [2.45, 2.75) is 6.61 Å². The summed E-state index contributed by atoms with van der Waals surface area (Å²) < 4.78 is 23.6. The molecule has 1 aromatic carbocycles. The van der Waals surface area contributed by atoms with E-state index in [0.717, 1.165) is 0 Å². The average molecular weight is 294 g/mol. The Kier molecular flexibility index (Phi) is 3.30. The minimum atomic E-state index is -0.449. The van der Waals surface area contributed by atoms with E-state index in [1.807, 2.05) is 0 Å². The van der Waals surface area contributed by atoms with Crippen LogP contribution in [-0.4, -0.2) is 10.3 Å². The Bertz CT molecular complexity index is 737. The lowest BCUT2D eigenvalue weighted by Crippen LogP contribution is -1.89. The van der Waals surface area contributed by atoms with Gasteiger partial charge in [0.1, 0.15) is 5.82 Å². The molecule has 0 bridgehead atoms. The van der Waals surface area contributed by atoms with Gasteiger partial charge in [0.25, 0.3) is 0 Å². The molecular weight excluding hydrogens is 285 g/mol. The number of aliphatic hydroxyl groups is 1. The molecule has 0 radical (unpaired) electrons. The Morgan fingerprint density at radius 3 is 2.80 bits per heavy atom. The quantitative estimate of drug-likeness (QED) is 0.796. The van der Waals surface area contributed by atoms with Gasteiger partial charge in [-0.05, 0) is 30.3 Å². The van der Waals surface area contributed by atoms with E-state index >= 15 is 0 Å². The van der Waals surface area contributed by atoms with Crippen LogP contribution in [0.4, 0.5) is 4.39 Å². The summed E-state index contributed by atoms with van der Waals surface area (Å²) in [4.78, 5) is 0. The number of hydrogen-bond acceptors (Lipinski definition) is 4. The second kappa shape index (κ2) is 5.11. The van der Waals surface area contributed by atoms with Gasteiger partial charge in [0.15, 0.2) is 17.2 Å². The summed E-state index contributed by atoms with van der Waals surface area (Å²) in [6, 6.07) is 7.32. The molecule has 0 saturated carbocycles. The van der Waals surface area contributed by atoms with Crippen molar-refractivity contribution < 1.29 is 18.4 Å². The molecule has 0 fully saturated rings. The minimum Gasteiger partial charge on any atom is -0.463 e. The van der Waals surface area contributed by atoms with Gasteiger partial charge in [0.05, 0.1) is 23.5 Å². The first-order valence-electron chi connectivity index (χ1n) is 5.79. The molecule has 6 heteroatoms. The molecule has 0 aliphatic carbocycles. The zero-order valence-corrected chi connectivity index (χ0v) is 10.9. The SMILES string of the molecule is OCc1c(-c2ccco2)noc1-c1ccc(F)cc1Cl. The van der Waals surface area contributed by atoms with Gasteiger partial charge in [0, 0.05) is 5.56 Å². The molecule has 0 aliphatic heterocycles. The van der Waals surface area contributed by atoms with Crippen LogP contribution in [0, 0.1) is 5.82 Å². The zero-order valence-electron chi connectivity index (χ0n) is 10.1. The number of rotatable bonds is 3. The van der Waals surface area contributed by atoms with Gasteiger partial charge in [-0.2, -0.15) is 0 Å². The predicted octanol–water partition coefficient (Wildman–Crippen LogP) is 3.89. The lowest BCUT2D eigenvalue weighted by molar-refractivity contribution is 0.281. The van der Waals surface area contributed by atoms with Crippen LogP contribution in [-0.2, 0) is 6.61 Å². The number of hydrogen-bond donors (Lipinski definition) is 1. The van der Waals surface area contributed by atoms with E-state index in [-0.39, 0.29) is 11.6 Å². The summed E-state index contributed by atoms with van der Waals surface area (Å²) in [5.41, 5.74) is 1.30. The summed E-state index contributed by atoms with van der Waals surface area (Å²) in [6.45, 7) is -0.303. The first-order valence-corrected chi connectivity index (χ1v) is 6.17. The topological polar surface area (TPSA) is 59.4 Å². The van der Waals surface area contributed by atoms with Crippen LogP contribution in [0.15, 0.2) is 45.5 Å². The first kappa shape index (κ1) is 12.9. The van der Waals surface area contributed by atoms with Crippen molar-refractivity contribution in [2.75, 3.05) is 0 Å². The molecule has 0 aliphatic rings. The van der Waals surface area contributed by atoms with Crippen molar-refractivity contribution in [2.24, 2.45) is 0 Å². The van der Waals surface area contributed by atoms with Crippen LogP contribution in [0.2, 0.25) is 5.02 Å². The Hall–Kier alpha value is -2.11. The molecule has 3 rings (SSSR count). The standard InChI is InChI=1S/C14H9ClFNO3/c15-11-6-8(16)3-4-9(11)14-10(7-18)13(17-20-14)12-2-1-5-19-12/h1-6,18H,7H2. The van der Waals surface area contributed by atoms with Gasteiger partial charge in [-0.3, -0.25) is 0 Å². The highest BCUT2D eigenvalue weighted by atomic mass is 35.5. The molecule has 2 heterocycles. The van der Waals surface area contributed by atoms with Crippen molar-refractivity contribution in [1.29, 1.82) is 0 Å². The molecule has 20 heavy (non-hydrogen) atoms. The third-order valence-corrected chi connectivity index (χ3v) is 3.19. The highest BCUT2D eigenvalue weighted by Gasteiger charge is 2.21. The number of furan rings is 1. The lowest BCUT2D eigenvalue weighted by atomic mass is 10.1. The Morgan fingerprint density at radius 2 is 2.15 bits per heavy atom. The minimum absolute atomic E-state index is 0.182. The Balaban J connectivity index is 2.15. The van der Waals surface area contributed by atoms with E-state index in [1.165, 1.54) is 24.5 Å². The first-order chi connectivity index (χ1) is 9.70. The van der Waals surface area contributed by atoms with Crippen LogP contribution in [0.1, 0.15) is 5.56 Å². The van der Waals surface area contributed by atoms with Gasteiger partial charge in [-0.1, -0.05) is 16.8 Å². The molecule has 1 N–H and O–H groups in total. The van der Waals surface area contributed by atoms with Gasteiger partial charge in [-0.15, -0.1) is 0 Å². The third-order valence-electron chi connectivity index (χ3n) is 2.88. The Labute approximate surface area is 118 Å². The Morgan fingerprint density at radius 1 is 1.30 bits per heavy atom. The number of aliphatic hydroxyl groups excluding tert-OH is 1. The number of halogens is 2. The van der Waals surface area contributed by atoms with Crippen molar-refractivity contribution in [3.63, 3.8) is 0 Å². The van der Waals surface area contributed by atoms with Crippen molar-refractivity contribution in [3.05, 3.63) is 53.0 Å². The van der Waals surface area contributed by atoms with Crippen molar-refractivity contribution in [1.82, 2.24) is 5.16 Å². The maximum atomic E-state index is 13.1. The van der Waals surface area contributed by atoms with Crippen molar-refractivity contribution >= 4 is 11.6 Å². The maximum Gasteiger partial charge on any atom is 0.174 e. The van der Waals surface area contributed by atoms with Gasteiger partial charge in [-0.25, -0.2) is 4.39 Å². The fraction of sp³-hybridized carbons (Fsp3) is 0.0714. The maximum absolute atomic E-state index is 13.1. The molecule has 3 aromatic rings. The fourth-order valence-corrected chi connectivity index (χ4v) is 2.20. The smallest absolute Gasteiger partial charge is 0.174 e. The molecule has 2 aromatic heterocycles. The predicted molar refractivity (Wildman–Crippen MR) is 70.5 cm³/mol. The van der Waals surface area contributed by atoms with Crippen molar-refractivity contribution in [3.8, 4) is 22.8 Å². The molecule has 0 atom stereocenters. The zero-order chi connectivity index (χ0) is 14.1. The van der Waals surface area contributed by atoms with Gasteiger partial charge in [0.2, 0.25) is 0 Å². The normalized spacial score (nSPS) is 10.9. The molecule has 0 amide bonds. The number of nitrogens with zero attached hydrogens (tertiary/aromatic N) is 1. The van der Waals surface area contributed by atoms with E-state index in [9.17, 15) is 9.50 Å². The van der Waals surface area contributed by atoms with Crippen LogP contribution in [0.25, 0.3) is 22.8 Å². The molecule has 0 saturated heterocycles. The van der Waals surface area contributed by atoms with Gasteiger partial charge < -0.3 is 14.0 Å². The van der Waals surface area contributed by atoms with Gasteiger partial charge >= 0.3 is 0 Å². The number of aromatic nitrogens is 1. The van der Waals surface area contributed by atoms with Crippen LogP contribution < -0.4 is 0 Å². The van der Waals surface area contributed by atoms with Crippen LogP contribution >= 0.6 is 11.6 Å². The monoisotopic (exact) mass is 293 g/mol. The highest BCUT2D eigenvalue weighted by molar-refractivity contribution is 6.33. The summed E-state index contributed by atoms with van der Waals surface area (Å²) in [5.74, 6) is 0.321. The van der Waals surface area contributed by atoms with E-state index < -0.39 is 5.82 Å². The molecule has 0 unspecified atom stereocenters. The summed E-state index contributed by atoms with van der Waals surface area (Å²) in [7, 11) is 0. The second-order valence-corrected chi connectivity index (χ2v) is 4.51. The molecule has 102 valence electrons. The van der Waals surface area contributed by atoms with E-state index in [2.05, 4.69) is 5.16 Å². The third kappa shape index (κ3) is 2.11. The lowest BCUT2D eigenvalue weighted by Gasteiger charge is -2.02. The summed E-state index contributed by atoms with van der Waals surface area (Å²) in [6.07, 6.45) is 1.50. The molecule has 0 spiro atoms. The fourth-order valence-electron chi connectivity index (χ4n) is 1.95. The summed E-state index contributed by atoms with van der Waals surface area (Å²) in [5, 5.41) is 13.6. The van der Waals surface area contributed by atoms with Crippen LogP contribution in [0.3, 0.4) is 0 Å². The van der Waals surface area contributed by atoms with E-state index in [4.69, 9.17) is 20.5 Å². The van der Waals surface area contributed by atoms with E-state index in [0.29, 0.717) is 28.3 Å². The molecular formula is C14H9ClFNO3. The number of benzene rings is 1. The average Bonchev–Trinajstić information content (AvgIpc) is 3.06. The second-order valence-electron chi connectivity index (χ2n) is 4.10. The summed E-state index contributed by atoms with van der Waals surface area (Å²) >= 11 is 5.99.